The molecule has 0 aliphatic heterocycles. The van der Waals surface area contributed by atoms with Crippen molar-refractivity contribution >= 4 is 0 Å². The molecule has 3 nitrogen and oxygen atoms in total. The Hall–Kier alpha value is -1.22. The number of rotatable bonds is 6. The van der Waals surface area contributed by atoms with Crippen LogP contribution < -0.4 is 15.2 Å². The molecule has 2 N–H and O–H groups in total. The molecule has 1 aliphatic carbocycles. The van der Waals surface area contributed by atoms with Gasteiger partial charge in [0.1, 0.15) is 0 Å². The molecule has 1 aromatic carbocycles. The molecule has 1 atom stereocenters. The predicted molar refractivity (Wildman–Crippen MR) is 68.4 cm³/mol. The van der Waals surface area contributed by atoms with E-state index in [-0.39, 0.29) is 6.04 Å². The minimum absolute atomic E-state index is 0.0180. The van der Waals surface area contributed by atoms with Gasteiger partial charge < -0.3 is 15.2 Å². The summed E-state index contributed by atoms with van der Waals surface area (Å²) < 4.78 is 11.1. The Morgan fingerprint density at radius 3 is 2.71 bits per heavy atom. The molecule has 0 spiro atoms. The van der Waals surface area contributed by atoms with E-state index in [4.69, 9.17) is 15.2 Å². The van der Waals surface area contributed by atoms with E-state index < -0.39 is 0 Å². The normalized spacial score (nSPS) is 16.6. The minimum atomic E-state index is 0.0180. The van der Waals surface area contributed by atoms with Crippen molar-refractivity contribution < 1.29 is 9.47 Å². The smallest absolute Gasteiger partial charge is 0.161 e. The Morgan fingerprint density at radius 2 is 2.12 bits per heavy atom. The monoisotopic (exact) mass is 235 g/mol. The molecule has 0 radical (unpaired) electrons. The van der Waals surface area contributed by atoms with Gasteiger partial charge in [-0.25, -0.2) is 0 Å². The summed E-state index contributed by atoms with van der Waals surface area (Å²) in [4.78, 5) is 0. The maximum atomic E-state index is 5.84. The molecule has 0 heterocycles. The Kier molecular flexibility index (Phi) is 3.89. The number of methoxy groups -OCH3 is 1. The number of nitrogens with two attached hydrogens (primary N) is 1. The highest BCUT2D eigenvalue weighted by molar-refractivity contribution is 5.43. The number of ether oxygens (including phenoxy) is 2. The molecule has 1 fully saturated rings. The highest BCUT2D eigenvalue weighted by Gasteiger charge is 2.21. The van der Waals surface area contributed by atoms with E-state index >= 15 is 0 Å². The minimum Gasteiger partial charge on any atom is -0.493 e. The van der Waals surface area contributed by atoms with Crippen LogP contribution in [-0.2, 0) is 0 Å². The molecular weight excluding hydrogens is 214 g/mol. The van der Waals surface area contributed by atoms with Crippen LogP contribution in [0.4, 0.5) is 0 Å². The summed E-state index contributed by atoms with van der Waals surface area (Å²) in [7, 11) is 1.66. The summed E-state index contributed by atoms with van der Waals surface area (Å²) in [6.07, 6.45) is 3.88. The third-order valence-corrected chi connectivity index (χ3v) is 3.19. The number of hydrogen-bond acceptors (Lipinski definition) is 3. The van der Waals surface area contributed by atoms with E-state index in [1.54, 1.807) is 7.11 Å². The molecule has 1 aromatic rings. The summed E-state index contributed by atoms with van der Waals surface area (Å²) in [6, 6.07) is 5.92. The van der Waals surface area contributed by atoms with Gasteiger partial charge in [0.15, 0.2) is 11.5 Å². The van der Waals surface area contributed by atoms with Crippen molar-refractivity contribution in [3.8, 4) is 11.5 Å². The third-order valence-electron chi connectivity index (χ3n) is 3.19. The van der Waals surface area contributed by atoms with Crippen molar-refractivity contribution in [2.75, 3.05) is 13.7 Å². The average molecular weight is 235 g/mol. The predicted octanol–water partition coefficient (Wildman–Crippen LogP) is 2.89. The molecule has 1 saturated carbocycles. The van der Waals surface area contributed by atoms with Gasteiger partial charge in [0, 0.05) is 6.04 Å². The fourth-order valence-corrected chi connectivity index (χ4v) is 1.83. The SMILES string of the molecule is COc1cc([C@@H](C)N)ccc1OCCC1CC1. The molecule has 17 heavy (non-hydrogen) atoms. The van der Waals surface area contributed by atoms with Crippen molar-refractivity contribution in [2.45, 2.75) is 32.2 Å². The van der Waals surface area contributed by atoms with Gasteiger partial charge in [-0.3, -0.25) is 0 Å². The largest absolute Gasteiger partial charge is 0.493 e. The van der Waals surface area contributed by atoms with Gasteiger partial charge in [-0.15, -0.1) is 0 Å². The van der Waals surface area contributed by atoms with E-state index in [9.17, 15) is 0 Å². The molecule has 0 saturated heterocycles. The molecular formula is C14H21NO2. The van der Waals surface area contributed by atoms with Crippen molar-refractivity contribution in [1.82, 2.24) is 0 Å². The highest BCUT2D eigenvalue weighted by Crippen LogP contribution is 2.34. The Balaban J connectivity index is 1.98. The van der Waals surface area contributed by atoms with Gasteiger partial charge in [-0.05, 0) is 37.0 Å². The van der Waals surface area contributed by atoms with Gasteiger partial charge in [-0.1, -0.05) is 18.9 Å². The van der Waals surface area contributed by atoms with Gasteiger partial charge in [0.05, 0.1) is 13.7 Å². The Bertz CT molecular complexity index is 372. The van der Waals surface area contributed by atoms with Crippen molar-refractivity contribution in [1.29, 1.82) is 0 Å². The zero-order valence-electron chi connectivity index (χ0n) is 10.6. The molecule has 0 unspecified atom stereocenters. The van der Waals surface area contributed by atoms with Crippen LogP contribution in [0, 0.1) is 5.92 Å². The maximum Gasteiger partial charge on any atom is 0.161 e. The Morgan fingerprint density at radius 1 is 1.35 bits per heavy atom. The van der Waals surface area contributed by atoms with E-state index in [1.165, 1.54) is 12.8 Å². The van der Waals surface area contributed by atoms with Gasteiger partial charge in [-0.2, -0.15) is 0 Å². The highest BCUT2D eigenvalue weighted by atomic mass is 16.5. The van der Waals surface area contributed by atoms with Crippen LogP contribution in [-0.4, -0.2) is 13.7 Å². The molecule has 0 amide bonds. The first kappa shape index (κ1) is 12.2. The molecule has 0 aromatic heterocycles. The number of hydrogen-bond donors (Lipinski definition) is 1. The zero-order chi connectivity index (χ0) is 12.3. The summed E-state index contributed by atoms with van der Waals surface area (Å²) in [5.41, 5.74) is 6.91. The van der Waals surface area contributed by atoms with E-state index in [1.807, 2.05) is 25.1 Å². The second-order valence-corrected chi connectivity index (χ2v) is 4.78. The van der Waals surface area contributed by atoms with Crippen molar-refractivity contribution in [3.05, 3.63) is 23.8 Å². The van der Waals surface area contributed by atoms with Gasteiger partial charge in [0.25, 0.3) is 0 Å². The first-order valence-corrected chi connectivity index (χ1v) is 6.27. The quantitative estimate of drug-likeness (QED) is 0.824. The molecule has 2 rings (SSSR count). The fraction of sp³-hybridized carbons (Fsp3) is 0.571. The van der Waals surface area contributed by atoms with Crippen LogP contribution in [0.3, 0.4) is 0 Å². The van der Waals surface area contributed by atoms with Crippen LogP contribution in [0.1, 0.15) is 37.8 Å². The number of benzene rings is 1. The van der Waals surface area contributed by atoms with Crippen molar-refractivity contribution in [3.63, 3.8) is 0 Å². The first-order valence-electron chi connectivity index (χ1n) is 6.27. The maximum absolute atomic E-state index is 5.84. The molecule has 1 aliphatic rings. The lowest BCUT2D eigenvalue weighted by atomic mass is 10.1. The lowest BCUT2D eigenvalue weighted by Gasteiger charge is -2.13. The van der Waals surface area contributed by atoms with Crippen LogP contribution >= 0.6 is 0 Å². The van der Waals surface area contributed by atoms with Crippen LogP contribution in [0.15, 0.2) is 18.2 Å². The second kappa shape index (κ2) is 5.41. The summed E-state index contributed by atoms with van der Waals surface area (Å²) >= 11 is 0. The molecule has 94 valence electrons. The van der Waals surface area contributed by atoms with E-state index in [2.05, 4.69) is 0 Å². The third kappa shape index (κ3) is 3.37. The van der Waals surface area contributed by atoms with Crippen molar-refractivity contribution in [2.24, 2.45) is 11.7 Å². The van der Waals surface area contributed by atoms with Crippen LogP contribution in [0.2, 0.25) is 0 Å². The fourth-order valence-electron chi connectivity index (χ4n) is 1.83. The average Bonchev–Trinajstić information content (AvgIpc) is 3.13. The van der Waals surface area contributed by atoms with E-state index in [0.717, 1.165) is 36.0 Å². The topological polar surface area (TPSA) is 44.5 Å². The van der Waals surface area contributed by atoms with Gasteiger partial charge in [0.2, 0.25) is 0 Å². The lowest BCUT2D eigenvalue weighted by molar-refractivity contribution is 0.282. The zero-order valence-corrected chi connectivity index (χ0v) is 10.6. The summed E-state index contributed by atoms with van der Waals surface area (Å²) in [6.45, 7) is 2.74. The summed E-state index contributed by atoms with van der Waals surface area (Å²) in [5, 5.41) is 0. The summed E-state index contributed by atoms with van der Waals surface area (Å²) in [5.74, 6) is 2.48. The second-order valence-electron chi connectivity index (χ2n) is 4.78. The first-order chi connectivity index (χ1) is 8.20. The standard InChI is InChI=1S/C14H21NO2/c1-10(15)12-5-6-13(14(9-12)16-2)17-8-7-11-3-4-11/h5-6,9-11H,3-4,7-8,15H2,1-2H3/t10-/m1/s1. The molecule has 0 bridgehead atoms. The Labute approximate surface area is 103 Å². The van der Waals surface area contributed by atoms with Crippen LogP contribution in [0.5, 0.6) is 11.5 Å². The van der Waals surface area contributed by atoms with Gasteiger partial charge >= 0.3 is 0 Å². The molecule has 3 heteroatoms. The van der Waals surface area contributed by atoms with Crippen LogP contribution in [0.25, 0.3) is 0 Å². The lowest BCUT2D eigenvalue weighted by Crippen LogP contribution is -2.06. The van der Waals surface area contributed by atoms with E-state index in [0.29, 0.717) is 0 Å².